The van der Waals surface area contributed by atoms with Gasteiger partial charge < -0.3 is 0 Å². The summed E-state index contributed by atoms with van der Waals surface area (Å²) >= 11 is 7.28. The zero-order chi connectivity index (χ0) is 8.39. The van der Waals surface area contributed by atoms with Gasteiger partial charge in [-0.2, -0.15) is 11.3 Å². The van der Waals surface area contributed by atoms with Crippen molar-refractivity contribution in [1.82, 2.24) is 9.97 Å². The predicted octanol–water partition coefficient (Wildman–Crippen LogP) is 2.86. The Labute approximate surface area is 78.9 Å². The molecule has 60 valence electrons. The summed E-state index contributed by atoms with van der Waals surface area (Å²) in [5.74, 6) is 0. The third-order valence-electron chi connectivity index (χ3n) is 1.44. The molecule has 0 fully saturated rings. The lowest BCUT2D eigenvalue weighted by atomic mass is 10.2. The van der Waals surface area contributed by atoms with Gasteiger partial charge in [0, 0.05) is 17.1 Å². The smallest absolute Gasteiger partial charge is 0.222 e. The Hall–Kier alpha value is -0.930. The van der Waals surface area contributed by atoms with Crippen molar-refractivity contribution in [2.75, 3.05) is 0 Å². The lowest BCUT2D eigenvalue weighted by Crippen LogP contribution is -1.83. The zero-order valence-corrected chi connectivity index (χ0v) is 7.64. The van der Waals surface area contributed by atoms with Crippen molar-refractivity contribution in [2.45, 2.75) is 0 Å². The van der Waals surface area contributed by atoms with Crippen LogP contribution in [-0.4, -0.2) is 9.97 Å². The Morgan fingerprint density at radius 3 is 2.92 bits per heavy atom. The van der Waals surface area contributed by atoms with E-state index in [-0.39, 0.29) is 0 Å². The molecule has 2 aromatic rings. The Bertz CT molecular complexity index is 372. The monoisotopic (exact) mass is 196 g/mol. The van der Waals surface area contributed by atoms with E-state index in [0.29, 0.717) is 5.28 Å². The van der Waals surface area contributed by atoms with Gasteiger partial charge in [-0.15, -0.1) is 0 Å². The fraction of sp³-hybridized carbons (Fsp3) is 0. The highest BCUT2D eigenvalue weighted by molar-refractivity contribution is 7.08. The molecular formula is C8H5ClN2S. The van der Waals surface area contributed by atoms with Gasteiger partial charge in [0.2, 0.25) is 5.28 Å². The van der Waals surface area contributed by atoms with Gasteiger partial charge in [-0.3, -0.25) is 0 Å². The molecule has 0 saturated carbocycles. The first kappa shape index (κ1) is 7.71. The van der Waals surface area contributed by atoms with E-state index in [4.69, 9.17) is 11.6 Å². The molecule has 2 nitrogen and oxygen atoms in total. The van der Waals surface area contributed by atoms with Gasteiger partial charge in [-0.1, -0.05) is 0 Å². The Balaban J connectivity index is 2.48. The molecule has 2 heterocycles. The first-order valence-corrected chi connectivity index (χ1v) is 4.69. The van der Waals surface area contributed by atoms with E-state index in [1.54, 1.807) is 17.5 Å². The SMILES string of the molecule is Clc1nccc(-c2ccsc2)n1. The van der Waals surface area contributed by atoms with E-state index < -0.39 is 0 Å². The minimum absolute atomic E-state index is 0.290. The maximum atomic E-state index is 5.64. The number of thiophene rings is 1. The van der Waals surface area contributed by atoms with Gasteiger partial charge in [-0.05, 0) is 29.1 Å². The molecule has 0 N–H and O–H groups in total. The van der Waals surface area contributed by atoms with Crippen LogP contribution in [0.5, 0.6) is 0 Å². The molecule has 0 spiro atoms. The average Bonchev–Trinajstić information content (AvgIpc) is 2.56. The summed E-state index contributed by atoms with van der Waals surface area (Å²) in [6.45, 7) is 0. The number of halogens is 1. The fourth-order valence-electron chi connectivity index (χ4n) is 0.906. The molecule has 4 heteroatoms. The van der Waals surface area contributed by atoms with Crippen LogP contribution in [0.4, 0.5) is 0 Å². The van der Waals surface area contributed by atoms with Crippen LogP contribution in [0.2, 0.25) is 5.28 Å². The van der Waals surface area contributed by atoms with Crippen LogP contribution < -0.4 is 0 Å². The second-order valence-corrected chi connectivity index (χ2v) is 3.34. The molecule has 0 aliphatic rings. The van der Waals surface area contributed by atoms with E-state index in [1.165, 1.54) is 0 Å². The van der Waals surface area contributed by atoms with Crippen LogP contribution in [0.3, 0.4) is 0 Å². The maximum Gasteiger partial charge on any atom is 0.222 e. The summed E-state index contributed by atoms with van der Waals surface area (Å²) in [6.07, 6.45) is 1.66. The Morgan fingerprint density at radius 1 is 1.33 bits per heavy atom. The standard InChI is InChI=1S/C8H5ClN2S/c9-8-10-3-1-7(11-8)6-2-4-12-5-6/h1-5H. The van der Waals surface area contributed by atoms with Crippen molar-refractivity contribution in [3.05, 3.63) is 34.4 Å². The highest BCUT2D eigenvalue weighted by Gasteiger charge is 1.99. The summed E-state index contributed by atoms with van der Waals surface area (Å²) < 4.78 is 0. The quantitative estimate of drug-likeness (QED) is 0.656. The van der Waals surface area contributed by atoms with Crippen molar-refractivity contribution < 1.29 is 0 Å². The molecule has 0 saturated heterocycles. The lowest BCUT2D eigenvalue weighted by Gasteiger charge is -1.94. The second-order valence-electron chi connectivity index (χ2n) is 2.22. The normalized spacial score (nSPS) is 10.1. The molecule has 0 aliphatic carbocycles. The van der Waals surface area contributed by atoms with E-state index in [2.05, 4.69) is 9.97 Å². The van der Waals surface area contributed by atoms with Gasteiger partial charge >= 0.3 is 0 Å². The van der Waals surface area contributed by atoms with Crippen LogP contribution in [0.25, 0.3) is 11.3 Å². The third kappa shape index (κ3) is 1.47. The molecule has 0 aromatic carbocycles. The van der Waals surface area contributed by atoms with Gasteiger partial charge in [-0.25, -0.2) is 9.97 Å². The Kier molecular flexibility index (Phi) is 2.06. The fourth-order valence-corrected chi connectivity index (χ4v) is 1.70. The van der Waals surface area contributed by atoms with E-state index in [0.717, 1.165) is 11.3 Å². The number of hydrogen-bond acceptors (Lipinski definition) is 3. The van der Waals surface area contributed by atoms with Gasteiger partial charge in [0.25, 0.3) is 0 Å². The largest absolute Gasteiger partial charge is 0.226 e. The van der Waals surface area contributed by atoms with Crippen LogP contribution in [0.1, 0.15) is 0 Å². The highest BCUT2D eigenvalue weighted by Crippen LogP contribution is 2.19. The minimum atomic E-state index is 0.290. The summed E-state index contributed by atoms with van der Waals surface area (Å²) in [5.41, 5.74) is 1.96. The van der Waals surface area contributed by atoms with Crippen molar-refractivity contribution >= 4 is 22.9 Å². The number of aromatic nitrogens is 2. The summed E-state index contributed by atoms with van der Waals surface area (Å²) in [5, 5.41) is 4.32. The van der Waals surface area contributed by atoms with Crippen molar-refractivity contribution in [3.63, 3.8) is 0 Å². The van der Waals surface area contributed by atoms with Gasteiger partial charge in [0.15, 0.2) is 0 Å². The maximum absolute atomic E-state index is 5.64. The zero-order valence-electron chi connectivity index (χ0n) is 6.07. The molecule has 0 amide bonds. The van der Waals surface area contributed by atoms with Gasteiger partial charge in [0.05, 0.1) is 5.69 Å². The van der Waals surface area contributed by atoms with Crippen LogP contribution in [0.15, 0.2) is 29.1 Å². The molecule has 2 aromatic heterocycles. The third-order valence-corrected chi connectivity index (χ3v) is 2.31. The predicted molar refractivity (Wildman–Crippen MR) is 50.4 cm³/mol. The molecular weight excluding hydrogens is 192 g/mol. The molecule has 0 radical (unpaired) electrons. The summed E-state index contributed by atoms with van der Waals surface area (Å²) in [6, 6.07) is 3.84. The number of nitrogens with zero attached hydrogens (tertiary/aromatic N) is 2. The lowest BCUT2D eigenvalue weighted by molar-refractivity contribution is 1.17. The second kappa shape index (κ2) is 3.21. The van der Waals surface area contributed by atoms with Crippen LogP contribution >= 0.6 is 22.9 Å². The Morgan fingerprint density at radius 2 is 2.25 bits per heavy atom. The van der Waals surface area contributed by atoms with Crippen molar-refractivity contribution in [1.29, 1.82) is 0 Å². The molecule has 12 heavy (non-hydrogen) atoms. The van der Waals surface area contributed by atoms with E-state index in [1.807, 2.05) is 22.9 Å². The van der Waals surface area contributed by atoms with Crippen molar-refractivity contribution in [2.24, 2.45) is 0 Å². The molecule has 0 bridgehead atoms. The average molecular weight is 197 g/mol. The molecule has 0 unspecified atom stereocenters. The van der Waals surface area contributed by atoms with E-state index in [9.17, 15) is 0 Å². The number of hydrogen-bond donors (Lipinski definition) is 0. The van der Waals surface area contributed by atoms with Crippen LogP contribution in [0, 0.1) is 0 Å². The van der Waals surface area contributed by atoms with Gasteiger partial charge in [0.1, 0.15) is 0 Å². The topological polar surface area (TPSA) is 25.8 Å². The molecule has 0 atom stereocenters. The summed E-state index contributed by atoms with van der Waals surface area (Å²) in [4.78, 5) is 7.88. The van der Waals surface area contributed by atoms with Crippen molar-refractivity contribution in [3.8, 4) is 11.3 Å². The first-order chi connectivity index (χ1) is 5.86. The number of rotatable bonds is 1. The van der Waals surface area contributed by atoms with E-state index >= 15 is 0 Å². The van der Waals surface area contributed by atoms with Crippen LogP contribution in [-0.2, 0) is 0 Å². The summed E-state index contributed by atoms with van der Waals surface area (Å²) in [7, 11) is 0. The highest BCUT2D eigenvalue weighted by atomic mass is 35.5. The molecule has 0 aliphatic heterocycles. The minimum Gasteiger partial charge on any atom is -0.226 e. The first-order valence-electron chi connectivity index (χ1n) is 3.37. The molecule has 2 rings (SSSR count).